The quantitative estimate of drug-likeness (QED) is 0.648. The van der Waals surface area contributed by atoms with Crippen LogP contribution in [-0.4, -0.2) is 34.9 Å². The molecule has 86 valence electrons. The van der Waals surface area contributed by atoms with E-state index in [1.807, 2.05) is 16.9 Å². The van der Waals surface area contributed by atoms with Crippen LogP contribution in [0, 0.1) is 0 Å². The molecule has 0 aliphatic carbocycles. The Labute approximate surface area is 91.7 Å². The molecule has 0 atom stereocenters. The molecule has 0 saturated carbocycles. The van der Waals surface area contributed by atoms with E-state index >= 15 is 0 Å². The second-order valence-electron chi connectivity index (χ2n) is 3.23. The highest BCUT2D eigenvalue weighted by atomic mass is 32.2. The largest absolute Gasteiger partial charge is 0.333 e. The maximum atomic E-state index is 10.4. The SMILES string of the molecule is O=S(=O)(O)NCCc1cccc2n[nH]nc12. The van der Waals surface area contributed by atoms with Crippen molar-refractivity contribution in [3.8, 4) is 0 Å². The van der Waals surface area contributed by atoms with Gasteiger partial charge in [0.1, 0.15) is 11.0 Å². The third-order valence-corrected chi connectivity index (χ3v) is 2.68. The van der Waals surface area contributed by atoms with Gasteiger partial charge in [0.15, 0.2) is 0 Å². The number of nitrogens with one attached hydrogen (secondary N) is 2. The van der Waals surface area contributed by atoms with E-state index in [9.17, 15) is 8.42 Å². The third kappa shape index (κ3) is 2.54. The number of rotatable bonds is 4. The fourth-order valence-corrected chi connectivity index (χ4v) is 1.80. The topological polar surface area (TPSA) is 108 Å². The Morgan fingerprint density at radius 2 is 2.19 bits per heavy atom. The predicted molar refractivity (Wildman–Crippen MR) is 57.1 cm³/mol. The average molecular weight is 242 g/mol. The summed E-state index contributed by atoms with van der Waals surface area (Å²) < 4.78 is 31.4. The molecule has 1 heterocycles. The smallest absolute Gasteiger partial charge is 0.273 e. The number of H-pyrrole nitrogens is 1. The van der Waals surface area contributed by atoms with Crippen molar-refractivity contribution < 1.29 is 13.0 Å². The van der Waals surface area contributed by atoms with Crippen LogP contribution in [0.1, 0.15) is 5.56 Å². The second-order valence-corrected chi connectivity index (χ2v) is 4.47. The van der Waals surface area contributed by atoms with Gasteiger partial charge in [-0.3, -0.25) is 4.55 Å². The fraction of sp³-hybridized carbons (Fsp3) is 0.250. The highest BCUT2D eigenvalue weighted by Gasteiger charge is 2.06. The van der Waals surface area contributed by atoms with Gasteiger partial charge in [-0.25, -0.2) is 0 Å². The lowest BCUT2D eigenvalue weighted by Crippen LogP contribution is -2.24. The zero-order chi connectivity index (χ0) is 11.6. The molecule has 2 rings (SSSR count). The molecule has 0 amide bonds. The van der Waals surface area contributed by atoms with Crippen molar-refractivity contribution in [3.63, 3.8) is 0 Å². The van der Waals surface area contributed by atoms with Gasteiger partial charge in [0, 0.05) is 6.54 Å². The molecule has 7 nitrogen and oxygen atoms in total. The van der Waals surface area contributed by atoms with Gasteiger partial charge in [0.2, 0.25) is 0 Å². The summed E-state index contributed by atoms with van der Waals surface area (Å²) in [6, 6.07) is 5.45. The molecule has 0 fully saturated rings. The van der Waals surface area contributed by atoms with Crippen LogP contribution in [0.5, 0.6) is 0 Å². The number of aromatic amines is 1. The molecule has 2 aromatic rings. The van der Waals surface area contributed by atoms with Gasteiger partial charge < -0.3 is 0 Å². The second kappa shape index (κ2) is 4.16. The fourth-order valence-electron chi connectivity index (χ4n) is 1.44. The van der Waals surface area contributed by atoms with Crippen molar-refractivity contribution in [2.24, 2.45) is 0 Å². The van der Waals surface area contributed by atoms with E-state index in [0.29, 0.717) is 11.9 Å². The van der Waals surface area contributed by atoms with Crippen LogP contribution in [0.2, 0.25) is 0 Å². The van der Waals surface area contributed by atoms with E-state index < -0.39 is 10.3 Å². The Kier molecular flexibility index (Phi) is 2.86. The van der Waals surface area contributed by atoms with Crippen LogP contribution < -0.4 is 4.72 Å². The van der Waals surface area contributed by atoms with E-state index in [-0.39, 0.29) is 6.54 Å². The highest BCUT2D eigenvalue weighted by molar-refractivity contribution is 7.83. The Bertz CT molecular complexity index is 592. The van der Waals surface area contributed by atoms with E-state index in [4.69, 9.17) is 4.55 Å². The van der Waals surface area contributed by atoms with Crippen molar-refractivity contribution in [3.05, 3.63) is 23.8 Å². The molecule has 3 N–H and O–H groups in total. The number of aromatic nitrogens is 3. The maximum absolute atomic E-state index is 10.4. The number of fused-ring (bicyclic) bond motifs is 1. The molecule has 1 aromatic heterocycles. The minimum atomic E-state index is -4.13. The third-order valence-electron chi connectivity index (χ3n) is 2.11. The van der Waals surface area contributed by atoms with Gasteiger partial charge in [-0.2, -0.15) is 28.6 Å². The summed E-state index contributed by atoms with van der Waals surface area (Å²) in [6.07, 6.45) is 0.434. The first-order valence-electron chi connectivity index (χ1n) is 4.57. The van der Waals surface area contributed by atoms with E-state index in [0.717, 1.165) is 11.1 Å². The Hall–Kier alpha value is -1.51. The van der Waals surface area contributed by atoms with Crippen molar-refractivity contribution in [1.82, 2.24) is 20.1 Å². The maximum Gasteiger partial charge on any atom is 0.333 e. The molecule has 1 aromatic carbocycles. The number of benzene rings is 1. The summed E-state index contributed by atoms with van der Waals surface area (Å²) in [5.41, 5.74) is 2.30. The molecule has 0 aliphatic rings. The summed E-state index contributed by atoms with van der Waals surface area (Å²) in [4.78, 5) is 0. The van der Waals surface area contributed by atoms with Gasteiger partial charge in [-0.1, -0.05) is 12.1 Å². The van der Waals surface area contributed by atoms with Crippen molar-refractivity contribution >= 4 is 21.3 Å². The number of hydrogen-bond donors (Lipinski definition) is 3. The van der Waals surface area contributed by atoms with Gasteiger partial charge in [0.05, 0.1) is 0 Å². The normalized spacial score (nSPS) is 12.1. The lowest BCUT2D eigenvalue weighted by atomic mass is 10.1. The summed E-state index contributed by atoms with van der Waals surface area (Å²) in [5.74, 6) is 0. The molecule has 0 spiro atoms. The van der Waals surface area contributed by atoms with Crippen LogP contribution in [-0.2, 0) is 16.7 Å². The molecule has 0 aliphatic heterocycles. The molecule has 0 bridgehead atoms. The van der Waals surface area contributed by atoms with Crippen LogP contribution >= 0.6 is 0 Å². The number of para-hydroxylation sites is 1. The zero-order valence-corrected chi connectivity index (χ0v) is 9.03. The first-order chi connectivity index (χ1) is 7.56. The van der Waals surface area contributed by atoms with Gasteiger partial charge in [-0.05, 0) is 18.1 Å². The Morgan fingerprint density at radius 3 is 2.94 bits per heavy atom. The summed E-state index contributed by atoms with van der Waals surface area (Å²) in [5, 5.41) is 10.4. The lowest BCUT2D eigenvalue weighted by Gasteiger charge is -2.01. The van der Waals surface area contributed by atoms with Gasteiger partial charge in [-0.15, -0.1) is 0 Å². The van der Waals surface area contributed by atoms with Crippen LogP contribution in [0.15, 0.2) is 18.2 Å². The predicted octanol–water partition coefficient (Wildman–Crippen LogP) is -0.107. The first-order valence-corrected chi connectivity index (χ1v) is 6.01. The van der Waals surface area contributed by atoms with Crippen molar-refractivity contribution in [1.29, 1.82) is 0 Å². The standard InChI is InChI=1S/C8H10N4O3S/c13-16(14,15)9-5-4-6-2-1-3-7-8(6)11-12-10-7/h1-3,9H,4-5H2,(H,10,11,12)(H,13,14,15). The molecule has 8 heteroatoms. The van der Waals surface area contributed by atoms with E-state index in [1.54, 1.807) is 6.07 Å². The summed E-state index contributed by atoms with van der Waals surface area (Å²) in [7, 11) is -4.13. The number of nitrogens with zero attached hydrogens (tertiary/aromatic N) is 2. The zero-order valence-electron chi connectivity index (χ0n) is 8.21. The minimum absolute atomic E-state index is 0.116. The Balaban J connectivity index is 2.12. The molecule has 0 unspecified atom stereocenters. The molecular weight excluding hydrogens is 232 g/mol. The van der Waals surface area contributed by atoms with Crippen LogP contribution in [0.25, 0.3) is 11.0 Å². The first kappa shape index (κ1) is 11.0. The van der Waals surface area contributed by atoms with Crippen molar-refractivity contribution in [2.45, 2.75) is 6.42 Å². The average Bonchev–Trinajstić information content (AvgIpc) is 2.64. The molecule has 16 heavy (non-hydrogen) atoms. The van der Waals surface area contributed by atoms with E-state index in [2.05, 4.69) is 15.4 Å². The molecule has 0 radical (unpaired) electrons. The minimum Gasteiger partial charge on any atom is -0.273 e. The van der Waals surface area contributed by atoms with Gasteiger partial charge in [0.25, 0.3) is 0 Å². The van der Waals surface area contributed by atoms with Crippen LogP contribution in [0.4, 0.5) is 0 Å². The number of hydrogen-bond acceptors (Lipinski definition) is 4. The molecular formula is C8H10N4O3S. The van der Waals surface area contributed by atoms with Gasteiger partial charge >= 0.3 is 10.3 Å². The lowest BCUT2D eigenvalue weighted by molar-refractivity contribution is 0.468. The monoisotopic (exact) mass is 242 g/mol. The summed E-state index contributed by atoms with van der Waals surface area (Å²) >= 11 is 0. The molecule has 0 saturated heterocycles. The highest BCUT2D eigenvalue weighted by Crippen LogP contribution is 2.13. The Morgan fingerprint density at radius 1 is 1.38 bits per heavy atom. The van der Waals surface area contributed by atoms with Crippen LogP contribution in [0.3, 0.4) is 0 Å². The van der Waals surface area contributed by atoms with Crippen molar-refractivity contribution in [2.75, 3.05) is 6.54 Å². The van der Waals surface area contributed by atoms with E-state index in [1.165, 1.54) is 0 Å². The summed E-state index contributed by atoms with van der Waals surface area (Å²) in [6.45, 7) is 0.116.